The number of piperidine rings is 1. The lowest BCUT2D eigenvalue weighted by Crippen LogP contribution is -2.37. The standard InChI is InChI=1S/C15H26N4O/c1-3-7-16-10-13-11-17-12-15(18-13)19-8-5-14(6-9-19)20-4-2/h11-12,14,16H,3-10H2,1-2H3. The molecule has 1 aliphatic heterocycles. The van der Waals surface area contributed by atoms with Crippen LogP contribution in [-0.2, 0) is 11.3 Å². The molecule has 0 spiro atoms. The van der Waals surface area contributed by atoms with Crippen LogP contribution in [0.5, 0.6) is 0 Å². The first-order valence-electron chi connectivity index (χ1n) is 7.71. The van der Waals surface area contributed by atoms with Crippen molar-refractivity contribution in [2.24, 2.45) is 0 Å². The van der Waals surface area contributed by atoms with E-state index in [-0.39, 0.29) is 0 Å². The molecule has 1 N–H and O–H groups in total. The predicted octanol–water partition coefficient (Wildman–Crippen LogP) is 1.98. The summed E-state index contributed by atoms with van der Waals surface area (Å²) in [5, 5.41) is 3.36. The summed E-state index contributed by atoms with van der Waals surface area (Å²) in [7, 11) is 0. The topological polar surface area (TPSA) is 50.3 Å². The maximum absolute atomic E-state index is 5.68. The van der Waals surface area contributed by atoms with E-state index in [9.17, 15) is 0 Å². The molecule has 0 aromatic carbocycles. The van der Waals surface area contributed by atoms with Gasteiger partial charge in [-0.25, -0.2) is 4.98 Å². The highest BCUT2D eigenvalue weighted by molar-refractivity contribution is 5.36. The molecule has 2 rings (SSSR count). The van der Waals surface area contributed by atoms with Gasteiger partial charge in [0, 0.05) is 32.4 Å². The summed E-state index contributed by atoms with van der Waals surface area (Å²) >= 11 is 0. The van der Waals surface area contributed by atoms with Crippen molar-refractivity contribution in [3.63, 3.8) is 0 Å². The minimum Gasteiger partial charge on any atom is -0.378 e. The second-order valence-electron chi connectivity index (χ2n) is 5.19. The fourth-order valence-electron chi connectivity index (χ4n) is 2.51. The number of rotatable bonds is 7. The summed E-state index contributed by atoms with van der Waals surface area (Å²) in [6.45, 7) is 8.86. The summed E-state index contributed by atoms with van der Waals surface area (Å²) in [6.07, 6.45) is 7.42. The van der Waals surface area contributed by atoms with Crippen LogP contribution >= 0.6 is 0 Å². The molecule has 5 heteroatoms. The SMILES string of the molecule is CCCNCc1cncc(N2CCC(OCC)CC2)n1. The highest BCUT2D eigenvalue weighted by Gasteiger charge is 2.20. The van der Waals surface area contributed by atoms with Crippen LogP contribution in [0.2, 0.25) is 0 Å². The molecule has 20 heavy (non-hydrogen) atoms. The van der Waals surface area contributed by atoms with Gasteiger partial charge >= 0.3 is 0 Å². The number of nitrogens with zero attached hydrogens (tertiary/aromatic N) is 3. The highest BCUT2D eigenvalue weighted by atomic mass is 16.5. The largest absolute Gasteiger partial charge is 0.378 e. The molecule has 0 bridgehead atoms. The zero-order valence-corrected chi connectivity index (χ0v) is 12.6. The second kappa shape index (κ2) is 8.17. The Bertz CT molecular complexity index is 391. The maximum Gasteiger partial charge on any atom is 0.147 e. The van der Waals surface area contributed by atoms with Crippen LogP contribution in [-0.4, -0.2) is 42.3 Å². The van der Waals surface area contributed by atoms with Crippen LogP contribution in [0.1, 0.15) is 38.8 Å². The predicted molar refractivity (Wildman–Crippen MR) is 80.9 cm³/mol. The molecule has 0 unspecified atom stereocenters. The van der Waals surface area contributed by atoms with Gasteiger partial charge in [-0.15, -0.1) is 0 Å². The molecule has 5 nitrogen and oxygen atoms in total. The lowest BCUT2D eigenvalue weighted by molar-refractivity contribution is 0.0458. The molecular formula is C15H26N4O. The first kappa shape index (κ1) is 15.2. The van der Waals surface area contributed by atoms with Crippen molar-refractivity contribution in [2.45, 2.75) is 45.8 Å². The molecule has 0 radical (unpaired) electrons. The van der Waals surface area contributed by atoms with E-state index in [4.69, 9.17) is 9.72 Å². The normalized spacial score (nSPS) is 16.6. The molecule has 0 saturated carbocycles. The van der Waals surface area contributed by atoms with Crippen molar-refractivity contribution in [1.29, 1.82) is 0 Å². The van der Waals surface area contributed by atoms with Crippen molar-refractivity contribution in [3.8, 4) is 0 Å². The molecule has 0 atom stereocenters. The fraction of sp³-hybridized carbons (Fsp3) is 0.733. The molecule has 2 heterocycles. The van der Waals surface area contributed by atoms with Crippen molar-refractivity contribution >= 4 is 5.82 Å². The summed E-state index contributed by atoms with van der Waals surface area (Å²) < 4.78 is 5.68. The minimum atomic E-state index is 0.415. The van der Waals surface area contributed by atoms with Gasteiger partial charge < -0.3 is 15.0 Å². The van der Waals surface area contributed by atoms with E-state index in [1.165, 1.54) is 0 Å². The Labute approximate surface area is 121 Å². The van der Waals surface area contributed by atoms with Crippen LogP contribution in [0.4, 0.5) is 5.82 Å². The number of hydrogen-bond acceptors (Lipinski definition) is 5. The smallest absolute Gasteiger partial charge is 0.147 e. The summed E-state index contributed by atoms with van der Waals surface area (Å²) in [5.74, 6) is 0.996. The third-order valence-corrected chi connectivity index (χ3v) is 3.57. The molecular weight excluding hydrogens is 252 g/mol. The van der Waals surface area contributed by atoms with Gasteiger partial charge in [-0.2, -0.15) is 0 Å². The highest BCUT2D eigenvalue weighted by Crippen LogP contribution is 2.19. The minimum absolute atomic E-state index is 0.415. The van der Waals surface area contributed by atoms with E-state index in [0.29, 0.717) is 6.10 Å². The van der Waals surface area contributed by atoms with E-state index in [1.807, 2.05) is 12.4 Å². The van der Waals surface area contributed by atoms with Gasteiger partial charge in [0.15, 0.2) is 0 Å². The van der Waals surface area contributed by atoms with Gasteiger partial charge in [0.1, 0.15) is 5.82 Å². The van der Waals surface area contributed by atoms with E-state index in [2.05, 4.69) is 29.0 Å². The number of anilines is 1. The molecule has 0 amide bonds. The number of aromatic nitrogens is 2. The van der Waals surface area contributed by atoms with Gasteiger partial charge in [-0.3, -0.25) is 4.98 Å². The zero-order chi connectivity index (χ0) is 14.2. The van der Waals surface area contributed by atoms with Crippen molar-refractivity contribution in [2.75, 3.05) is 31.1 Å². The number of ether oxygens (including phenoxy) is 1. The average molecular weight is 278 g/mol. The summed E-state index contributed by atoms with van der Waals surface area (Å²) in [6, 6.07) is 0. The molecule has 1 saturated heterocycles. The van der Waals surface area contributed by atoms with Crippen LogP contribution in [0.25, 0.3) is 0 Å². The Hall–Kier alpha value is -1.20. The van der Waals surface area contributed by atoms with Crippen LogP contribution in [0, 0.1) is 0 Å². The summed E-state index contributed by atoms with van der Waals surface area (Å²) in [5.41, 5.74) is 1.02. The average Bonchev–Trinajstić information content (AvgIpc) is 2.49. The number of hydrogen-bond donors (Lipinski definition) is 1. The molecule has 1 fully saturated rings. The third-order valence-electron chi connectivity index (χ3n) is 3.57. The quantitative estimate of drug-likeness (QED) is 0.773. The molecule has 1 aromatic rings. The molecule has 112 valence electrons. The van der Waals surface area contributed by atoms with Crippen LogP contribution < -0.4 is 10.2 Å². The van der Waals surface area contributed by atoms with Crippen LogP contribution in [0.3, 0.4) is 0 Å². The Kier molecular flexibility index (Phi) is 6.21. The van der Waals surface area contributed by atoms with E-state index in [1.54, 1.807) is 0 Å². The summed E-state index contributed by atoms with van der Waals surface area (Å²) in [4.78, 5) is 11.3. The van der Waals surface area contributed by atoms with Gasteiger partial charge in [0.05, 0.1) is 18.0 Å². The monoisotopic (exact) mass is 278 g/mol. The Morgan fingerprint density at radius 3 is 2.80 bits per heavy atom. The third kappa shape index (κ3) is 4.42. The maximum atomic E-state index is 5.68. The fourth-order valence-corrected chi connectivity index (χ4v) is 2.51. The molecule has 0 aliphatic carbocycles. The lowest BCUT2D eigenvalue weighted by atomic mass is 10.1. The zero-order valence-electron chi connectivity index (χ0n) is 12.6. The second-order valence-corrected chi connectivity index (χ2v) is 5.19. The van der Waals surface area contributed by atoms with E-state index >= 15 is 0 Å². The van der Waals surface area contributed by atoms with Crippen LogP contribution in [0.15, 0.2) is 12.4 Å². The van der Waals surface area contributed by atoms with Crippen molar-refractivity contribution < 1.29 is 4.74 Å². The van der Waals surface area contributed by atoms with E-state index < -0.39 is 0 Å². The van der Waals surface area contributed by atoms with Gasteiger partial charge in [-0.05, 0) is 32.7 Å². The Morgan fingerprint density at radius 1 is 1.30 bits per heavy atom. The van der Waals surface area contributed by atoms with E-state index in [0.717, 1.165) is 63.6 Å². The molecule has 1 aromatic heterocycles. The van der Waals surface area contributed by atoms with Gasteiger partial charge in [-0.1, -0.05) is 6.92 Å². The molecule has 1 aliphatic rings. The first-order valence-corrected chi connectivity index (χ1v) is 7.71. The Balaban J connectivity index is 1.87. The first-order chi connectivity index (χ1) is 9.83. The van der Waals surface area contributed by atoms with Gasteiger partial charge in [0.25, 0.3) is 0 Å². The van der Waals surface area contributed by atoms with Gasteiger partial charge in [0.2, 0.25) is 0 Å². The van der Waals surface area contributed by atoms with Crippen molar-refractivity contribution in [3.05, 3.63) is 18.1 Å². The lowest BCUT2D eigenvalue weighted by Gasteiger charge is -2.32. The number of nitrogens with one attached hydrogen (secondary N) is 1. The Morgan fingerprint density at radius 2 is 2.10 bits per heavy atom. The van der Waals surface area contributed by atoms with Crippen molar-refractivity contribution in [1.82, 2.24) is 15.3 Å².